The van der Waals surface area contributed by atoms with Crippen LogP contribution in [0.3, 0.4) is 0 Å². The quantitative estimate of drug-likeness (QED) is 0.305. The number of carbonyl (C=O) groups is 1. The van der Waals surface area contributed by atoms with E-state index in [0.29, 0.717) is 41.4 Å². The van der Waals surface area contributed by atoms with E-state index in [1.54, 1.807) is 6.33 Å². The minimum absolute atomic E-state index is 0.0308. The third kappa shape index (κ3) is 7.32. The van der Waals surface area contributed by atoms with E-state index in [1.165, 1.54) is 0 Å². The molecule has 1 aliphatic rings. The Labute approximate surface area is 233 Å². The van der Waals surface area contributed by atoms with Gasteiger partial charge in [-0.1, -0.05) is 20.8 Å². The Morgan fingerprint density at radius 1 is 1.16 bits per heavy atom. The molecule has 0 bridgehead atoms. The van der Waals surface area contributed by atoms with Crippen LogP contribution in [0.5, 0.6) is 0 Å². The minimum Gasteiger partial charge on any atom is -0.444 e. The van der Waals surface area contributed by atoms with Gasteiger partial charge in [-0.05, 0) is 92.6 Å². The maximum atomic E-state index is 13.2. The summed E-state index contributed by atoms with van der Waals surface area (Å²) in [5, 5.41) is 0.0308. The van der Waals surface area contributed by atoms with Crippen LogP contribution in [0.4, 0.5) is 18.0 Å². The standard InChI is InChI=1S/C27H41BrF3N3O3Si/c1-25(2,3)36-24(35)34-14-10-12-22(37-38(7,8)26(4,5)6)21(34)11-9-13-33-17-32-20-16-18(27(29,30)31)15-19(28)23(20)33/h15-17,21-22H,9-14H2,1-8H3/t21-,22+/m1/s1. The number of fused-ring (bicyclic) bond motifs is 1. The van der Waals surface area contributed by atoms with Crippen molar-refractivity contribution in [1.29, 1.82) is 0 Å². The van der Waals surface area contributed by atoms with Crippen LogP contribution in [0.1, 0.15) is 72.8 Å². The van der Waals surface area contributed by atoms with Gasteiger partial charge in [0, 0.05) is 17.6 Å². The van der Waals surface area contributed by atoms with Gasteiger partial charge in [-0.25, -0.2) is 9.78 Å². The van der Waals surface area contributed by atoms with Crippen molar-refractivity contribution in [2.24, 2.45) is 0 Å². The predicted octanol–water partition coefficient (Wildman–Crippen LogP) is 8.39. The number of likely N-dealkylation sites (tertiary alicyclic amines) is 1. The second-order valence-corrected chi connectivity index (χ2v) is 18.3. The Balaban J connectivity index is 1.83. The number of aryl methyl sites for hydroxylation is 1. The van der Waals surface area contributed by atoms with Crippen LogP contribution in [0.2, 0.25) is 18.1 Å². The summed E-state index contributed by atoms with van der Waals surface area (Å²) in [5.74, 6) is 0. The van der Waals surface area contributed by atoms with Crippen LogP contribution in [-0.2, 0) is 21.9 Å². The number of amides is 1. The van der Waals surface area contributed by atoms with Crippen molar-refractivity contribution < 1.29 is 27.1 Å². The van der Waals surface area contributed by atoms with Crippen molar-refractivity contribution >= 4 is 41.4 Å². The fraction of sp³-hybridized carbons (Fsp3) is 0.704. The summed E-state index contributed by atoms with van der Waals surface area (Å²) in [7, 11) is -2.09. The molecule has 6 nitrogen and oxygen atoms in total. The van der Waals surface area contributed by atoms with Crippen molar-refractivity contribution in [2.75, 3.05) is 6.54 Å². The molecule has 0 N–H and O–H groups in total. The second kappa shape index (κ2) is 11.1. The average molecular weight is 621 g/mol. The molecular weight excluding hydrogens is 579 g/mol. The summed E-state index contributed by atoms with van der Waals surface area (Å²) in [6.45, 7) is 17.8. The van der Waals surface area contributed by atoms with E-state index in [-0.39, 0.29) is 23.3 Å². The lowest BCUT2D eigenvalue weighted by atomic mass is 9.95. The fourth-order valence-electron chi connectivity index (χ4n) is 4.56. The van der Waals surface area contributed by atoms with E-state index >= 15 is 0 Å². The van der Waals surface area contributed by atoms with Crippen molar-refractivity contribution in [3.8, 4) is 0 Å². The monoisotopic (exact) mass is 619 g/mol. The van der Waals surface area contributed by atoms with Crippen LogP contribution in [0.25, 0.3) is 11.0 Å². The number of benzene rings is 1. The van der Waals surface area contributed by atoms with Gasteiger partial charge in [0.15, 0.2) is 8.32 Å². The van der Waals surface area contributed by atoms with Gasteiger partial charge in [-0.3, -0.25) is 0 Å². The Morgan fingerprint density at radius 3 is 2.39 bits per heavy atom. The maximum absolute atomic E-state index is 13.2. The lowest BCUT2D eigenvalue weighted by Gasteiger charge is -2.47. The molecule has 1 aromatic heterocycles. The van der Waals surface area contributed by atoms with E-state index < -0.39 is 25.7 Å². The second-order valence-electron chi connectivity index (χ2n) is 12.7. The third-order valence-corrected chi connectivity index (χ3v) is 12.6. The van der Waals surface area contributed by atoms with Crippen LogP contribution >= 0.6 is 15.9 Å². The molecule has 2 heterocycles. The van der Waals surface area contributed by atoms with Gasteiger partial charge in [0.05, 0.1) is 35.1 Å². The molecule has 2 aromatic rings. The highest BCUT2D eigenvalue weighted by Crippen LogP contribution is 2.40. The highest BCUT2D eigenvalue weighted by Gasteiger charge is 2.44. The first kappa shape index (κ1) is 30.9. The first-order valence-electron chi connectivity index (χ1n) is 13.2. The summed E-state index contributed by atoms with van der Waals surface area (Å²) in [6, 6.07) is 2.02. The van der Waals surface area contributed by atoms with E-state index in [0.717, 1.165) is 25.0 Å². The normalized spacial score (nSPS) is 19.7. The maximum Gasteiger partial charge on any atom is 0.416 e. The number of alkyl halides is 3. The molecule has 0 aliphatic carbocycles. The predicted molar refractivity (Wildman–Crippen MR) is 150 cm³/mol. The van der Waals surface area contributed by atoms with E-state index in [1.807, 2.05) is 30.2 Å². The fourth-order valence-corrected chi connectivity index (χ4v) is 6.63. The summed E-state index contributed by atoms with van der Waals surface area (Å²) in [4.78, 5) is 19.2. The molecule has 38 heavy (non-hydrogen) atoms. The van der Waals surface area contributed by atoms with Gasteiger partial charge in [0.1, 0.15) is 5.60 Å². The molecular formula is C27H41BrF3N3O3Si. The van der Waals surface area contributed by atoms with Crippen molar-refractivity contribution in [2.45, 2.75) is 116 Å². The van der Waals surface area contributed by atoms with Gasteiger partial charge in [0.2, 0.25) is 0 Å². The molecule has 3 rings (SSSR count). The SMILES string of the molecule is CC(C)(C)OC(=O)N1CCC[C@H](O[Si](C)(C)C(C)(C)C)[C@H]1CCCn1cnc2cc(C(F)(F)F)cc(Br)c21. The Hall–Kier alpha value is -1.59. The average Bonchev–Trinajstić information content (AvgIpc) is 3.15. The first-order valence-corrected chi connectivity index (χ1v) is 16.9. The molecule has 0 radical (unpaired) electrons. The number of ether oxygens (including phenoxy) is 1. The number of carbonyl (C=O) groups excluding carboxylic acids is 1. The highest BCUT2D eigenvalue weighted by atomic mass is 79.9. The molecule has 11 heteroatoms. The van der Waals surface area contributed by atoms with Gasteiger partial charge in [-0.2, -0.15) is 13.2 Å². The zero-order chi connectivity index (χ0) is 28.7. The van der Waals surface area contributed by atoms with E-state index in [4.69, 9.17) is 9.16 Å². The smallest absolute Gasteiger partial charge is 0.416 e. The van der Waals surface area contributed by atoms with Crippen LogP contribution in [0, 0.1) is 0 Å². The van der Waals surface area contributed by atoms with Crippen molar-refractivity contribution in [1.82, 2.24) is 14.5 Å². The topological polar surface area (TPSA) is 56.6 Å². The lowest BCUT2D eigenvalue weighted by molar-refractivity contribution is -0.137. The largest absolute Gasteiger partial charge is 0.444 e. The number of aromatic nitrogens is 2. The number of nitrogens with zero attached hydrogens (tertiary/aromatic N) is 3. The van der Waals surface area contributed by atoms with Crippen molar-refractivity contribution in [3.63, 3.8) is 0 Å². The minimum atomic E-state index is -4.44. The van der Waals surface area contributed by atoms with Crippen molar-refractivity contribution in [3.05, 3.63) is 28.5 Å². The molecule has 1 aliphatic heterocycles. The van der Waals surface area contributed by atoms with Crippen LogP contribution in [0.15, 0.2) is 22.9 Å². The highest BCUT2D eigenvalue weighted by molar-refractivity contribution is 9.10. The Kier molecular flexibility index (Phi) is 9.05. The summed E-state index contributed by atoms with van der Waals surface area (Å²) < 4.78 is 54.5. The van der Waals surface area contributed by atoms with Gasteiger partial charge in [-0.15, -0.1) is 0 Å². The van der Waals surface area contributed by atoms with Gasteiger partial charge in [0.25, 0.3) is 0 Å². The molecule has 1 aromatic carbocycles. The van der Waals surface area contributed by atoms with E-state index in [2.05, 4.69) is 54.8 Å². The van der Waals surface area contributed by atoms with E-state index in [9.17, 15) is 18.0 Å². The van der Waals surface area contributed by atoms with Crippen LogP contribution < -0.4 is 0 Å². The number of hydrogen-bond acceptors (Lipinski definition) is 4. The lowest BCUT2D eigenvalue weighted by Crippen LogP contribution is -2.56. The number of imidazole rings is 1. The third-order valence-electron chi connectivity index (χ3n) is 7.49. The molecule has 0 saturated carbocycles. The summed E-state index contributed by atoms with van der Waals surface area (Å²) in [6.07, 6.45) is -0.209. The van der Waals surface area contributed by atoms with Gasteiger partial charge < -0.3 is 18.6 Å². The van der Waals surface area contributed by atoms with Crippen LogP contribution in [-0.4, -0.2) is 53.2 Å². The number of hydrogen-bond donors (Lipinski definition) is 0. The molecule has 0 spiro atoms. The number of piperidine rings is 1. The van der Waals surface area contributed by atoms with Gasteiger partial charge >= 0.3 is 12.3 Å². The molecule has 1 fully saturated rings. The Bertz CT molecular complexity index is 1140. The molecule has 1 saturated heterocycles. The summed E-state index contributed by atoms with van der Waals surface area (Å²) in [5.41, 5.74) is -0.423. The molecule has 1 amide bonds. The summed E-state index contributed by atoms with van der Waals surface area (Å²) >= 11 is 3.31. The molecule has 2 atom stereocenters. The zero-order valence-electron chi connectivity index (χ0n) is 23.7. The number of rotatable bonds is 6. The first-order chi connectivity index (χ1) is 17.3. The number of halogens is 4. The molecule has 0 unspecified atom stereocenters. The Morgan fingerprint density at radius 2 is 1.82 bits per heavy atom. The molecule has 214 valence electrons. The zero-order valence-corrected chi connectivity index (χ0v) is 26.3.